The fourth-order valence-corrected chi connectivity index (χ4v) is 1.10. The van der Waals surface area contributed by atoms with Crippen LogP contribution in [0.2, 0.25) is 0 Å². The SMILES string of the molecule is C#CCOc1ccc(CCC=O)cc1. The van der Waals surface area contributed by atoms with E-state index in [-0.39, 0.29) is 6.61 Å². The Bertz CT molecular complexity index is 319. The van der Waals surface area contributed by atoms with Gasteiger partial charge in [-0.1, -0.05) is 18.1 Å². The lowest BCUT2D eigenvalue weighted by Crippen LogP contribution is -1.93. The number of terminal acetylenes is 1. The maximum absolute atomic E-state index is 10.1. The average Bonchev–Trinajstić information content (AvgIpc) is 2.25. The first kappa shape index (κ1) is 10.3. The number of rotatable bonds is 5. The summed E-state index contributed by atoms with van der Waals surface area (Å²) in [6, 6.07) is 7.60. The molecule has 1 aromatic carbocycles. The zero-order valence-corrected chi connectivity index (χ0v) is 7.90. The zero-order valence-electron chi connectivity index (χ0n) is 7.90. The number of hydrogen-bond acceptors (Lipinski definition) is 2. The molecule has 0 aliphatic heterocycles. The quantitative estimate of drug-likeness (QED) is 0.520. The highest BCUT2D eigenvalue weighted by atomic mass is 16.5. The summed E-state index contributed by atoms with van der Waals surface area (Å²) in [7, 11) is 0. The lowest BCUT2D eigenvalue weighted by molar-refractivity contribution is -0.107. The first-order valence-electron chi connectivity index (χ1n) is 4.45. The molecule has 0 aliphatic rings. The highest BCUT2D eigenvalue weighted by Crippen LogP contribution is 2.12. The minimum Gasteiger partial charge on any atom is -0.481 e. The molecule has 2 heteroatoms. The van der Waals surface area contributed by atoms with Gasteiger partial charge < -0.3 is 9.53 Å². The van der Waals surface area contributed by atoms with E-state index in [2.05, 4.69) is 5.92 Å². The van der Waals surface area contributed by atoms with Gasteiger partial charge in [-0.25, -0.2) is 0 Å². The van der Waals surface area contributed by atoms with Crippen molar-refractivity contribution in [3.05, 3.63) is 29.8 Å². The van der Waals surface area contributed by atoms with E-state index in [4.69, 9.17) is 11.2 Å². The maximum atomic E-state index is 10.1. The van der Waals surface area contributed by atoms with Crippen molar-refractivity contribution in [1.29, 1.82) is 0 Å². The molecule has 0 fully saturated rings. The van der Waals surface area contributed by atoms with Crippen molar-refractivity contribution in [2.24, 2.45) is 0 Å². The number of carbonyl (C=O) groups excluding carboxylic acids is 1. The topological polar surface area (TPSA) is 26.3 Å². The zero-order chi connectivity index (χ0) is 10.2. The Labute approximate surface area is 83.9 Å². The minimum atomic E-state index is 0.285. The Morgan fingerprint density at radius 2 is 2.07 bits per heavy atom. The molecule has 0 unspecified atom stereocenters. The van der Waals surface area contributed by atoms with Gasteiger partial charge in [-0.15, -0.1) is 6.42 Å². The summed E-state index contributed by atoms with van der Waals surface area (Å²) in [5, 5.41) is 0. The predicted molar refractivity (Wildman–Crippen MR) is 55.2 cm³/mol. The molecule has 0 saturated carbocycles. The Balaban J connectivity index is 2.51. The molecule has 0 aromatic heterocycles. The first-order chi connectivity index (χ1) is 6.86. The summed E-state index contributed by atoms with van der Waals surface area (Å²) >= 11 is 0. The smallest absolute Gasteiger partial charge is 0.148 e. The van der Waals surface area contributed by atoms with Crippen LogP contribution in [0, 0.1) is 12.3 Å². The second kappa shape index (κ2) is 5.82. The molecule has 0 heterocycles. The monoisotopic (exact) mass is 188 g/mol. The van der Waals surface area contributed by atoms with Gasteiger partial charge in [-0.2, -0.15) is 0 Å². The molecule has 2 nitrogen and oxygen atoms in total. The van der Waals surface area contributed by atoms with E-state index in [0.29, 0.717) is 6.42 Å². The molecule has 72 valence electrons. The third-order valence-electron chi connectivity index (χ3n) is 1.80. The van der Waals surface area contributed by atoms with Crippen LogP contribution in [0.5, 0.6) is 5.75 Å². The first-order valence-corrected chi connectivity index (χ1v) is 4.45. The largest absolute Gasteiger partial charge is 0.481 e. The van der Waals surface area contributed by atoms with Crippen LogP contribution < -0.4 is 4.74 Å². The number of aldehydes is 1. The van der Waals surface area contributed by atoms with Crippen LogP contribution in [0.4, 0.5) is 0 Å². The summed E-state index contributed by atoms with van der Waals surface area (Å²) in [6.07, 6.45) is 7.31. The van der Waals surface area contributed by atoms with Crippen LogP contribution in [0.25, 0.3) is 0 Å². The van der Waals surface area contributed by atoms with Crippen molar-refractivity contribution in [1.82, 2.24) is 0 Å². The third-order valence-corrected chi connectivity index (χ3v) is 1.80. The molecule has 0 aliphatic carbocycles. The fourth-order valence-electron chi connectivity index (χ4n) is 1.10. The number of benzene rings is 1. The molecule has 0 bridgehead atoms. The van der Waals surface area contributed by atoms with Gasteiger partial charge in [0.2, 0.25) is 0 Å². The lowest BCUT2D eigenvalue weighted by Gasteiger charge is -2.02. The maximum Gasteiger partial charge on any atom is 0.148 e. The fraction of sp³-hybridized carbons (Fsp3) is 0.250. The Morgan fingerprint density at radius 1 is 1.36 bits per heavy atom. The molecule has 0 amide bonds. The van der Waals surface area contributed by atoms with Gasteiger partial charge in [-0.05, 0) is 24.1 Å². The molecule has 0 atom stereocenters. The molecular formula is C12H12O2. The highest BCUT2D eigenvalue weighted by molar-refractivity contribution is 5.50. The second-order valence-electron chi connectivity index (χ2n) is 2.84. The average molecular weight is 188 g/mol. The summed E-state index contributed by atoms with van der Waals surface area (Å²) in [4.78, 5) is 10.1. The molecular weight excluding hydrogens is 176 g/mol. The third kappa shape index (κ3) is 3.32. The normalized spacial score (nSPS) is 9.07. The molecule has 0 N–H and O–H groups in total. The summed E-state index contributed by atoms with van der Waals surface area (Å²) in [6.45, 7) is 0.285. The van der Waals surface area contributed by atoms with E-state index in [1.54, 1.807) is 0 Å². The standard InChI is InChI=1S/C12H12O2/c1-2-10-14-12-7-5-11(6-8-12)4-3-9-13/h1,5-9H,3-4,10H2. The van der Waals surface area contributed by atoms with E-state index in [1.807, 2.05) is 24.3 Å². The van der Waals surface area contributed by atoms with Crippen LogP contribution >= 0.6 is 0 Å². The predicted octanol–water partition coefficient (Wildman–Crippen LogP) is 1.83. The molecule has 0 saturated heterocycles. The molecule has 1 rings (SSSR count). The second-order valence-corrected chi connectivity index (χ2v) is 2.84. The van der Waals surface area contributed by atoms with Crippen molar-refractivity contribution in [2.75, 3.05) is 6.61 Å². The number of carbonyl (C=O) groups is 1. The van der Waals surface area contributed by atoms with Crippen LogP contribution in [0.15, 0.2) is 24.3 Å². The number of aryl methyl sites for hydroxylation is 1. The Morgan fingerprint density at radius 3 is 2.64 bits per heavy atom. The Hall–Kier alpha value is -1.75. The highest BCUT2D eigenvalue weighted by Gasteiger charge is 1.94. The van der Waals surface area contributed by atoms with Crippen molar-refractivity contribution < 1.29 is 9.53 Å². The van der Waals surface area contributed by atoms with Gasteiger partial charge in [0.15, 0.2) is 0 Å². The summed E-state index contributed by atoms with van der Waals surface area (Å²) < 4.78 is 5.21. The molecule has 0 spiro atoms. The van der Waals surface area contributed by atoms with Crippen LogP contribution in [0.3, 0.4) is 0 Å². The molecule has 14 heavy (non-hydrogen) atoms. The van der Waals surface area contributed by atoms with Crippen LogP contribution in [-0.2, 0) is 11.2 Å². The van der Waals surface area contributed by atoms with E-state index in [0.717, 1.165) is 24.0 Å². The van der Waals surface area contributed by atoms with Gasteiger partial charge in [-0.3, -0.25) is 0 Å². The summed E-state index contributed by atoms with van der Waals surface area (Å²) in [5.74, 6) is 3.16. The van der Waals surface area contributed by atoms with Gasteiger partial charge in [0, 0.05) is 6.42 Å². The van der Waals surface area contributed by atoms with Crippen LogP contribution in [0.1, 0.15) is 12.0 Å². The Kier molecular flexibility index (Phi) is 4.30. The minimum absolute atomic E-state index is 0.285. The van der Waals surface area contributed by atoms with Crippen LogP contribution in [-0.4, -0.2) is 12.9 Å². The van der Waals surface area contributed by atoms with Crippen molar-refractivity contribution in [2.45, 2.75) is 12.8 Å². The van der Waals surface area contributed by atoms with E-state index in [9.17, 15) is 4.79 Å². The van der Waals surface area contributed by atoms with Gasteiger partial charge in [0.1, 0.15) is 18.6 Å². The van der Waals surface area contributed by atoms with Crippen molar-refractivity contribution in [3.8, 4) is 18.1 Å². The molecule has 0 radical (unpaired) electrons. The van der Waals surface area contributed by atoms with Gasteiger partial charge >= 0.3 is 0 Å². The van der Waals surface area contributed by atoms with Gasteiger partial charge in [0.05, 0.1) is 0 Å². The van der Waals surface area contributed by atoms with E-state index < -0.39 is 0 Å². The molecule has 1 aromatic rings. The lowest BCUT2D eigenvalue weighted by atomic mass is 10.1. The van der Waals surface area contributed by atoms with Crippen molar-refractivity contribution in [3.63, 3.8) is 0 Å². The number of ether oxygens (including phenoxy) is 1. The van der Waals surface area contributed by atoms with Gasteiger partial charge in [0.25, 0.3) is 0 Å². The van der Waals surface area contributed by atoms with Crippen molar-refractivity contribution >= 4 is 6.29 Å². The summed E-state index contributed by atoms with van der Waals surface area (Å²) in [5.41, 5.74) is 1.13. The number of hydrogen-bond donors (Lipinski definition) is 0. The van der Waals surface area contributed by atoms with E-state index >= 15 is 0 Å². The van der Waals surface area contributed by atoms with E-state index in [1.165, 1.54) is 0 Å².